The topological polar surface area (TPSA) is 41.1 Å². The third kappa shape index (κ3) is 4.12. The Morgan fingerprint density at radius 2 is 1.88 bits per heavy atom. The van der Waals surface area contributed by atoms with Crippen molar-refractivity contribution in [2.24, 2.45) is 11.3 Å². The highest BCUT2D eigenvalue weighted by Gasteiger charge is 2.26. The molecule has 0 aliphatic heterocycles. The van der Waals surface area contributed by atoms with E-state index in [-0.39, 0.29) is 11.3 Å². The highest BCUT2D eigenvalue weighted by molar-refractivity contribution is 5.81. The molecular weight excluding hydrogens is 200 g/mol. The lowest BCUT2D eigenvalue weighted by Gasteiger charge is -2.26. The minimum Gasteiger partial charge on any atom is -0.359 e. The maximum atomic E-state index is 11.6. The maximum absolute atomic E-state index is 11.6. The molecule has 0 aromatic heterocycles. The van der Waals surface area contributed by atoms with E-state index in [4.69, 9.17) is 0 Å². The number of hydrogen-bond acceptors (Lipinski definition) is 2. The van der Waals surface area contributed by atoms with E-state index in [1.165, 1.54) is 32.1 Å². The molecule has 1 aliphatic rings. The third-order valence-corrected chi connectivity index (χ3v) is 3.57. The summed E-state index contributed by atoms with van der Waals surface area (Å²) >= 11 is 0. The van der Waals surface area contributed by atoms with Gasteiger partial charge in [-0.25, -0.2) is 0 Å². The van der Waals surface area contributed by atoms with Crippen LogP contribution in [-0.4, -0.2) is 26.0 Å². The zero-order valence-corrected chi connectivity index (χ0v) is 10.9. The van der Waals surface area contributed by atoms with Crippen molar-refractivity contribution in [3.05, 3.63) is 0 Å². The van der Waals surface area contributed by atoms with Crippen LogP contribution in [0.1, 0.15) is 46.0 Å². The Hall–Kier alpha value is -0.570. The van der Waals surface area contributed by atoms with Crippen LogP contribution in [0, 0.1) is 11.3 Å². The average molecular weight is 226 g/mol. The molecule has 1 rings (SSSR count). The van der Waals surface area contributed by atoms with Crippen LogP contribution in [0.4, 0.5) is 0 Å². The number of nitrogens with one attached hydrogen (secondary N) is 2. The smallest absolute Gasteiger partial charge is 0.226 e. The van der Waals surface area contributed by atoms with Crippen LogP contribution in [0.2, 0.25) is 0 Å². The lowest BCUT2D eigenvalue weighted by Crippen LogP contribution is -2.43. The molecule has 1 aliphatic carbocycles. The van der Waals surface area contributed by atoms with E-state index in [2.05, 4.69) is 10.6 Å². The van der Waals surface area contributed by atoms with Crippen molar-refractivity contribution in [2.75, 3.05) is 20.1 Å². The summed E-state index contributed by atoms with van der Waals surface area (Å²) in [6.45, 7) is 5.81. The van der Waals surface area contributed by atoms with E-state index in [9.17, 15) is 4.79 Å². The predicted octanol–water partition coefficient (Wildman–Crippen LogP) is 1.93. The molecule has 0 aromatic carbocycles. The zero-order chi connectivity index (χ0) is 12.0. The Kier molecular flexibility index (Phi) is 5.26. The Balaban J connectivity index is 2.20. The monoisotopic (exact) mass is 226 g/mol. The van der Waals surface area contributed by atoms with Crippen molar-refractivity contribution >= 4 is 5.91 Å². The molecule has 2 N–H and O–H groups in total. The van der Waals surface area contributed by atoms with Crippen LogP contribution >= 0.6 is 0 Å². The molecule has 3 nitrogen and oxygen atoms in total. The fourth-order valence-corrected chi connectivity index (χ4v) is 2.40. The first kappa shape index (κ1) is 13.5. The number of carbonyl (C=O) groups excluding carboxylic acids is 1. The molecule has 0 spiro atoms. The van der Waals surface area contributed by atoms with Gasteiger partial charge in [-0.2, -0.15) is 0 Å². The molecule has 1 amide bonds. The van der Waals surface area contributed by atoms with Gasteiger partial charge in [0.25, 0.3) is 0 Å². The first-order valence-electron chi connectivity index (χ1n) is 6.49. The largest absolute Gasteiger partial charge is 0.359 e. The summed E-state index contributed by atoms with van der Waals surface area (Å²) in [6.07, 6.45) is 6.87. The maximum Gasteiger partial charge on any atom is 0.226 e. The molecule has 94 valence electrons. The van der Waals surface area contributed by atoms with Crippen LogP contribution in [0.25, 0.3) is 0 Å². The van der Waals surface area contributed by atoms with Crippen molar-refractivity contribution in [3.8, 4) is 0 Å². The van der Waals surface area contributed by atoms with Crippen molar-refractivity contribution in [1.29, 1.82) is 0 Å². The highest BCUT2D eigenvalue weighted by atomic mass is 16.2. The minimum absolute atomic E-state index is 0.114. The molecule has 0 bridgehead atoms. The molecule has 0 atom stereocenters. The van der Waals surface area contributed by atoms with E-state index in [0.717, 1.165) is 19.0 Å². The van der Waals surface area contributed by atoms with Crippen LogP contribution in [0.15, 0.2) is 0 Å². The Morgan fingerprint density at radius 3 is 2.44 bits per heavy atom. The summed E-state index contributed by atoms with van der Waals surface area (Å²) in [5.74, 6) is 0.942. The van der Waals surface area contributed by atoms with E-state index in [1.54, 1.807) is 7.05 Å². The number of carbonyl (C=O) groups is 1. The summed E-state index contributed by atoms with van der Waals surface area (Å²) in [5.41, 5.74) is -0.302. The second kappa shape index (κ2) is 6.24. The van der Waals surface area contributed by atoms with Gasteiger partial charge in [-0.3, -0.25) is 4.79 Å². The van der Waals surface area contributed by atoms with Gasteiger partial charge < -0.3 is 10.6 Å². The predicted molar refractivity (Wildman–Crippen MR) is 67.3 cm³/mol. The summed E-state index contributed by atoms with van der Waals surface area (Å²) in [6, 6.07) is 0. The number of amides is 1. The van der Waals surface area contributed by atoms with Gasteiger partial charge in [-0.15, -0.1) is 0 Å². The molecule has 1 saturated carbocycles. The fraction of sp³-hybridized carbons (Fsp3) is 0.923. The first-order valence-corrected chi connectivity index (χ1v) is 6.49. The molecule has 0 unspecified atom stereocenters. The summed E-state index contributed by atoms with van der Waals surface area (Å²) in [7, 11) is 1.70. The van der Waals surface area contributed by atoms with Gasteiger partial charge in [0.05, 0.1) is 5.41 Å². The number of rotatable bonds is 5. The van der Waals surface area contributed by atoms with Crippen molar-refractivity contribution < 1.29 is 4.79 Å². The Bertz CT molecular complexity index is 220. The van der Waals surface area contributed by atoms with E-state index < -0.39 is 0 Å². The molecule has 16 heavy (non-hydrogen) atoms. The van der Waals surface area contributed by atoms with Gasteiger partial charge in [0, 0.05) is 13.6 Å². The molecule has 1 fully saturated rings. The van der Waals surface area contributed by atoms with Crippen molar-refractivity contribution in [2.45, 2.75) is 46.0 Å². The second-order valence-corrected chi connectivity index (χ2v) is 5.60. The molecule has 0 aromatic rings. The lowest BCUT2D eigenvalue weighted by atomic mass is 9.88. The van der Waals surface area contributed by atoms with Gasteiger partial charge in [-0.1, -0.05) is 19.3 Å². The van der Waals surface area contributed by atoms with Gasteiger partial charge in [0.15, 0.2) is 0 Å². The average Bonchev–Trinajstić information content (AvgIpc) is 2.29. The van der Waals surface area contributed by atoms with Gasteiger partial charge in [-0.05, 0) is 39.2 Å². The third-order valence-electron chi connectivity index (χ3n) is 3.57. The SMILES string of the molecule is CNC(=O)C(C)(C)CNCC1CCCCC1. The van der Waals surface area contributed by atoms with Crippen LogP contribution in [0.5, 0.6) is 0 Å². The summed E-state index contributed by atoms with van der Waals surface area (Å²) in [5, 5.41) is 6.16. The summed E-state index contributed by atoms with van der Waals surface area (Å²) < 4.78 is 0. The Labute approximate surface area is 99.4 Å². The normalized spacial score (nSPS) is 18.4. The zero-order valence-electron chi connectivity index (χ0n) is 10.9. The van der Waals surface area contributed by atoms with Crippen LogP contribution in [-0.2, 0) is 4.79 Å². The van der Waals surface area contributed by atoms with E-state index >= 15 is 0 Å². The van der Waals surface area contributed by atoms with Crippen LogP contribution in [0.3, 0.4) is 0 Å². The standard InChI is InChI=1S/C13H26N2O/c1-13(2,12(16)14-3)10-15-9-11-7-5-4-6-8-11/h11,15H,4-10H2,1-3H3,(H,14,16). The van der Waals surface area contributed by atoms with Crippen molar-refractivity contribution in [3.63, 3.8) is 0 Å². The Morgan fingerprint density at radius 1 is 1.25 bits per heavy atom. The quantitative estimate of drug-likeness (QED) is 0.752. The van der Waals surface area contributed by atoms with Gasteiger partial charge >= 0.3 is 0 Å². The first-order chi connectivity index (χ1) is 7.56. The van der Waals surface area contributed by atoms with Crippen molar-refractivity contribution in [1.82, 2.24) is 10.6 Å². The highest BCUT2D eigenvalue weighted by Crippen LogP contribution is 2.23. The van der Waals surface area contributed by atoms with Gasteiger partial charge in [0.2, 0.25) is 5.91 Å². The lowest BCUT2D eigenvalue weighted by molar-refractivity contribution is -0.128. The summed E-state index contributed by atoms with van der Waals surface area (Å²) in [4.78, 5) is 11.6. The fourth-order valence-electron chi connectivity index (χ4n) is 2.40. The van der Waals surface area contributed by atoms with Crippen LogP contribution < -0.4 is 10.6 Å². The van der Waals surface area contributed by atoms with E-state index in [1.807, 2.05) is 13.8 Å². The van der Waals surface area contributed by atoms with E-state index in [0.29, 0.717) is 0 Å². The number of hydrogen-bond donors (Lipinski definition) is 2. The molecule has 0 heterocycles. The second-order valence-electron chi connectivity index (χ2n) is 5.60. The molecular formula is C13H26N2O. The molecule has 0 saturated heterocycles. The minimum atomic E-state index is -0.302. The molecule has 3 heteroatoms. The molecule has 0 radical (unpaired) electrons. The van der Waals surface area contributed by atoms with Gasteiger partial charge in [0.1, 0.15) is 0 Å².